The van der Waals surface area contributed by atoms with Crippen molar-refractivity contribution in [1.82, 2.24) is 0 Å². The molecule has 2 rings (SSSR count). The third-order valence-corrected chi connectivity index (χ3v) is 3.28. The van der Waals surface area contributed by atoms with E-state index < -0.39 is 0 Å². The molecule has 1 fully saturated rings. The first-order chi connectivity index (χ1) is 7.78. The highest BCUT2D eigenvalue weighted by Gasteiger charge is 2.19. The summed E-state index contributed by atoms with van der Waals surface area (Å²) in [5.74, 6) is 1.17. The fourth-order valence-electron chi connectivity index (χ4n) is 2.26. The molecule has 1 heteroatoms. The Hall–Kier alpha value is -1.37. The van der Waals surface area contributed by atoms with E-state index in [0.717, 1.165) is 5.56 Å². The molecule has 0 nitrogen and oxygen atoms in total. The largest absolute Gasteiger partial charge is 0.207 e. The lowest BCUT2D eigenvalue weighted by molar-refractivity contribution is 0.627. The number of hydrogen-bond acceptors (Lipinski definition) is 0. The van der Waals surface area contributed by atoms with Crippen LogP contribution in [0.1, 0.15) is 24.8 Å². The fraction of sp³-hybridized carbons (Fsp3) is 0.333. The molecule has 0 spiro atoms. The summed E-state index contributed by atoms with van der Waals surface area (Å²) in [5.41, 5.74) is 1.07. The van der Waals surface area contributed by atoms with Crippen LogP contribution < -0.4 is 0 Å². The average molecular weight is 216 g/mol. The number of rotatable bonds is 3. The van der Waals surface area contributed by atoms with Gasteiger partial charge in [-0.25, -0.2) is 4.39 Å². The van der Waals surface area contributed by atoms with Crippen molar-refractivity contribution in [3.63, 3.8) is 0 Å². The molecule has 1 aromatic carbocycles. The van der Waals surface area contributed by atoms with Gasteiger partial charge in [0.05, 0.1) is 0 Å². The quantitative estimate of drug-likeness (QED) is 0.655. The van der Waals surface area contributed by atoms with Gasteiger partial charge >= 0.3 is 0 Å². The molecular formula is C15H17F. The minimum Gasteiger partial charge on any atom is -0.207 e. The van der Waals surface area contributed by atoms with E-state index in [9.17, 15) is 4.39 Å². The molecule has 84 valence electrons. The fourth-order valence-corrected chi connectivity index (χ4v) is 2.26. The predicted octanol–water partition coefficient (Wildman–Crippen LogP) is 4.44. The molecule has 0 aliphatic heterocycles. The van der Waals surface area contributed by atoms with Gasteiger partial charge in [-0.2, -0.15) is 0 Å². The van der Waals surface area contributed by atoms with Gasteiger partial charge in [0, 0.05) is 0 Å². The molecular weight excluding hydrogens is 199 g/mol. The van der Waals surface area contributed by atoms with Crippen LogP contribution in [0.15, 0.2) is 43.0 Å². The van der Waals surface area contributed by atoms with Crippen LogP contribution in [-0.2, 0) is 0 Å². The van der Waals surface area contributed by atoms with Gasteiger partial charge in [0.15, 0.2) is 0 Å². The highest BCUT2D eigenvalue weighted by Crippen LogP contribution is 2.32. The van der Waals surface area contributed by atoms with Crippen molar-refractivity contribution in [2.45, 2.75) is 19.3 Å². The first-order valence-corrected chi connectivity index (χ1v) is 5.84. The van der Waals surface area contributed by atoms with Crippen molar-refractivity contribution in [2.75, 3.05) is 0 Å². The van der Waals surface area contributed by atoms with Gasteiger partial charge in [-0.3, -0.25) is 0 Å². The zero-order valence-electron chi connectivity index (χ0n) is 9.40. The number of hydrogen-bond donors (Lipinski definition) is 0. The lowest BCUT2D eigenvalue weighted by Crippen LogP contribution is -1.89. The Morgan fingerprint density at radius 3 is 2.44 bits per heavy atom. The van der Waals surface area contributed by atoms with Crippen molar-refractivity contribution in [3.05, 3.63) is 54.4 Å². The molecule has 2 atom stereocenters. The van der Waals surface area contributed by atoms with E-state index in [2.05, 4.69) is 24.8 Å². The van der Waals surface area contributed by atoms with E-state index in [1.54, 1.807) is 0 Å². The molecule has 0 radical (unpaired) electrons. The summed E-state index contributed by atoms with van der Waals surface area (Å²) in [6.07, 6.45) is 10.1. The second kappa shape index (κ2) is 5.11. The first-order valence-electron chi connectivity index (χ1n) is 5.84. The molecule has 1 aliphatic carbocycles. The van der Waals surface area contributed by atoms with Gasteiger partial charge in [-0.05, 0) is 48.8 Å². The highest BCUT2D eigenvalue weighted by atomic mass is 19.1. The Balaban J connectivity index is 1.94. The van der Waals surface area contributed by atoms with Crippen LogP contribution in [0.3, 0.4) is 0 Å². The van der Waals surface area contributed by atoms with Gasteiger partial charge in [-0.15, -0.1) is 6.58 Å². The van der Waals surface area contributed by atoms with E-state index in [0.29, 0.717) is 11.8 Å². The molecule has 2 unspecified atom stereocenters. The lowest BCUT2D eigenvalue weighted by Gasteiger charge is -2.02. The van der Waals surface area contributed by atoms with Gasteiger partial charge in [-0.1, -0.05) is 30.4 Å². The van der Waals surface area contributed by atoms with Crippen molar-refractivity contribution in [3.8, 4) is 0 Å². The third kappa shape index (κ3) is 2.82. The second-order valence-electron chi connectivity index (χ2n) is 4.48. The summed E-state index contributed by atoms with van der Waals surface area (Å²) >= 11 is 0. The first kappa shape index (κ1) is 11.1. The minimum atomic E-state index is -0.176. The van der Waals surface area contributed by atoms with E-state index in [1.165, 1.54) is 31.4 Å². The number of benzene rings is 1. The van der Waals surface area contributed by atoms with Gasteiger partial charge < -0.3 is 0 Å². The molecule has 0 bridgehead atoms. The van der Waals surface area contributed by atoms with Crippen LogP contribution in [0.4, 0.5) is 4.39 Å². The summed E-state index contributed by atoms with van der Waals surface area (Å²) in [7, 11) is 0. The SMILES string of the molecule is C=CC1CCC(/C=C/c2ccc(F)cc2)C1. The molecule has 0 aromatic heterocycles. The van der Waals surface area contributed by atoms with Gasteiger partial charge in [0.25, 0.3) is 0 Å². The monoisotopic (exact) mass is 216 g/mol. The standard InChI is InChI=1S/C15H17F/c1-2-12-3-5-14(11-12)6-4-13-7-9-15(16)10-8-13/h2,4,6-10,12,14H,1,3,5,11H2/b6-4+. The zero-order chi connectivity index (χ0) is 11.4. The maximum absolute atomic E-state index is 12.7. The topological polar surface area (TPSA) is 0 Å². The Labute approximate surface area is 96.5 Å². The molecule has 1 saturated carbocycles. The van der Waals surface area contributed by atoms with Crippen LogP contribution in [-0.4, -0.2) is 0 Å². The lowest BCUT2D eigenvalue weighted by atomic mass is 10.0. The molecule has 0 heterocycles. The summed E-state index contributed by atoms with van der Waals surface area (Å²) in [6.45, 7) is 3.84. The zero-order valence-corrected chi connectivity index (χ0v) is 9.40. The van der Waals surface area contributed by atoms with Crippen molar-refractivity contribution >= 4 is 6.08 Å². The maximum atomic E-state index is 12.7. The van der Waals surface area contributed by atoms with E-state index >= 15 is 0 Å². The summed E-state index contributed by atoms with van der Waals surface area (Å²) in [5, 5.41) is 0. The Bertz CT molecular complexity index is 375. The Morgan fingerprint density at radius 1 is 1.12 bits per heavy atom. The molecule has 16 heavy (non-hydrogen) atoms. The number of halogens is 1. The normalized spacial score (nSPS) is 25.1. The van der Waals surface area contributed by atoms with Crippen LogP contribution in [0, 0.1) is 17.7 Å². The van der Waals surface area contributed by atoms with Crippen LogP contribution in [0.2, 0.25) is 0 Å². The van der Waals surface area contributed by atoms with Gasteiger partial charge in [0.1, 0.15) is 5.82 Å². The molecule has 0 N–H and O–H groups in total. The predicted molar refractivity (Wildman–Crippen MR) is 66.5 cm³/mol. The Morgan fingerprint density at radius 2 is 1.81 bits per heavy atom. The van der Waals surface area contributed by atoms with Gasteiger partial charge in [0.2, 0.25) is 0 Å². The van der Waals surface area contributed by atoms with Crippen LogP contribution >= 0.6 is 0 Å². The van der Waals surface area contributed by atoms with Crippen LogP contribution in [0.5, 0.6) is 0 Å². The smallest absolute Gasteiger partial charge is 0.123 e. The van der Waals surface area contributed by atoms with E-state index in [4.69, 9.17) is 0 Å². The van der Waals surface area contributed by atoms with Crippen molar-refractivity contribution < 1.29 is 4.39 Å². The summed E-state index contributed by atoms with van der Waals surface area (Å²) in [6, 6.07) is 6.62. The van der Waals surface area contributed by atoms with Crippen molar-refractivity contribution in [2.24, 2.45) is 11.8 Å². The molecule has 1 aliphatic rings. The Kier molecular flexibility index (Phi) is 3.55. The average Bonchev–Trinajstić information content (AvgIpc) is 2.76. The highest BCUT2D eigenvalue weighted by molar-refractivity contribution is 5.49. The third-order valence-electron chi connectivity index (χ3n) is 3.28. The summed E-state index contributed by atoms with van der Waals surface area (Å²) in [4.78, 5) is 0. The van der Waals surface area contributed by atoms with E-state index in [-0.39, 0.29) is 5.82 Å². The van der Waals surface area contributed by atoms with Crippen LogP contribution in [0.25, 0.3) is 6.08 Å². The molecule has 0 amide bonds. The maximum Gasteiger partial charge on any atom is 0.123 e. The molecule has 0 saturated heterocycles. The number of allylic oxidation sites excluding steroid dienone is 2. The summed E-state index contributed by atoms with van der Waals surface area (Å²) < 4.78 is 12.7. The minimum absolute atomic E-state index is 0.176. The second-order valence-corrected chi connectivity index (χ2v) is 4.48. The molecule has 1 aromatic rings. The van der Waals surface area contributed by atoms with Crippen molar-refractivity contribution in [1.29, 1.82) is 0 Å². The van der Waals surface area contributed by atoms with E-state index in [1.807, 2.05) is 12.1 Å².